The second kappa shape index (κ2) is 6.81. The number of carbonyl (C=O) groups excluding carboxylic acids is 1. The van der Waals surface area contributed by atoms with E-state index in [1.807, 2.05) is 6.92 Å². The topological polar surface area (TPSA) is 89.7 Å². The molecular weight excluding hydrogens is 262 g/mol. The summed E-state index contributed by atoms with van der Waals surface area (Å²) < 4.78 is 5.06. The number of aliphatic hydroxyl groups excluding tert-OH is 1. The Balaban J connectivity index is 2.78. The van der Waals surface area contributed by atoms with Crippen molar-refractivity contribution >= 4 is 11.7 Å². The Hall–Kier alpha value is -2.21. The summed E-state index contributed by atoms with van der Waals surface area (Å²) in [4.78, 5) is 21.7. The molecule has 2 unspecified atom stereocenters. The molecule has 0 bridgehead atoms. The first-order valence-electron chi connectivity index (χ1n) is 6.19. The molecule has 6 heteroatoms. The van der Waals surface area contributed by atoms with Crippen LogP contribution in [0.5, 0.6) is 0 Å². The fourth-order valence-corrected chi connectivity index (χ4v) is 1.43. The first kappa shape index (κ1) is 15.8. The quantitative estimate of drug-likeness (QED) is 0.374. The van der Waals surface area contributed by atoms with Crippen LogP contribution in [0.25, 0.3) is 0 Å². The van der Waals surface area contributed by atoms with E-state index in [-0.39, 0.29) is 17.4 Å². The second-order valence-electron chi connectivity index (χ2n) is 4.40. The summed E-state index contributed by atoms with van der Waals surface area (Å²) in [7, 11) is 0. The normalized spacial score (nSPS) is 13.3. The van der Waals surface area contributed by atoms with E-state index >= 15 is 0 Å². The Bertz CT molecular complexity index is 509. The highest BCUT2D eigenvalue weighted by atomic mass is 16.6. The van der Waals surface area contributed by atoms with Crippen molar-refractivity contribution in [2.45, 2.75) is 32.5 Å². The van der Waals surface area contributed by atoms with Crippen molar-refractivity contribution in [2.75, 3.05) is 0 Å². The molecule has 0 aliphatic rings. The minimum atomic E-state index is -1.24. The fraction of sp³-hybridized carbons (Fsp3) is 0.357. The molecule has 1 rings (SSSR count). The van der Waals surface area contributed by atoms with Gasteiger partial charge >= 0.3 is 5.97 Å². The van der Waals surface area contributed by atoms with Crippen molar-refractivity contribution in [1.29, 1.82) is 0 Å². The van der Waals surface area contributed by atoms with Gasteiger partial charge in [-0.2, -0.15) is 0 Å². The Morgan fingerprint density at radius 1 is 1.45 bits per heavy atom. The van der Waals surface area contributed by atoms with Crippen LogP contribution in [0.3, 0.4) is 0 Å². The number of esters is 1. The number of benzene rings is 1. The summed E-state index contributed by atoms with van der Waals surface area (Å²) in [6, 6.07) is 5.27. The van der Waals surface area contributed by atoms with Gasteiger partial charge in [-0.15, -0.1) is 0 Å². The van der Waals surface area contributed by atoms with E-state index in [0.29, 0.717) is 12.0 Å². The largest absolute Gasteiger partial charge is 0.459 e. The van der Waals surface area contributed by atoms with E-state index in [2.05, 4.69) is 6.58 Å². The third-order valence-electron chi connectivity index (χ3n) is 2.90. The highest BCUT2D eigenvalue weighted by Crippen LogP contribution is 2.24. The first-order chi connectivity index (χ1) is 9.36. The lowest BCUT2D eigenvalue weighted by Crippen LogP contribution is -2.19. The van der Waals surface area contributed by atoms with Crippen LogP contribution in [0.15, 0.2) is 36.4 Å². The van der Waals surface area contributed by atoms with Gasteiger partial charge in [-0.1, -0.05) is 13.5 Å². The van der Waals surface area contributed by atoms with Crippen molar-refractivity contribution in [3.8, 4) is 0 Å². The Kier molecular flexibility index (Phi) is 5.40. The molecule has 1 aromatic carbocycles. The summed E-state index contributed by atoms with van der Waals surface area (Å²) in [5.41, 5.74) is 0.162. The van der Waals surface area contributed by atoms with Gasteiger partial charge in [0, 0.05) is 12.1 Å². The average molecular weight is 279 g/mol. The number of nitrogens with zero attached hydrogens (tertiary/aromatic N) is 1. The Labute approximate surface area is 116 Å². The van der Waals surface area contributed by atoms with Crippen molar-refractivity contribution in [2.24, 2.45) is 0 Å². The lowest BCUT2D eigenvalue weighted by atomic mass is 10.0. The third kappa shape index (κ3) is 3.89. The molecule has 0 spiro atoms. The average Bonchev–Trinajstić information content (AvgIpc) is 2.45. The zero-order valence-corrected chi connectivity index (χ0v) is 11.4. The van der Waals surface area contributed by atoms with Gasteiger partial charge in [0.2, 0.25) is 0 Å². The number of carbonyl (C=O) groups is 1. The van der Waals surface area contributed by atoms with Gasteiger partial charge in [0.05, 0.1) is 16.6 Å². The van der Waals surface area contributed by atoms with Crippen LogP contribution < -0.4 is 0 Å². The number of non-ortho nitro benzene ring substituents is 1. The highest BCUT2D eigenvalue weighted by Gasteiger charge is 2.21. The molecule has 0 fully saturated rings. The standard InChI is InChI=1S/C14H17NO5/c1-4-9(2)20-14(17)10(3)13(16)11-5-7-12(8-6-11)15(18)19/h5-9,13,16H,3-4H2,1-2H3. The van der Waals surface area contributed by atoms with Crippen LogP contribution in [-0.2, 0) is 9.53 Å². The lowest BCUT2D eigenvalue weighted by molar-refractivity contribution is -0.384. The fourth-order valence-electron chi connectivity index (χ4n) is 1.43. The first-order valence-corrected chi connectivity index (χ1v) is 6.19. The molecule has 0 amide bonds. The molecule has 0 radical (unpaired) electrons. The zero-order chi connectivity index (χ0) is 15.3. The maximum absolute atomic E-state index is 11.7. The van der Waals surface area contributed by atoms with E-state index in [4.69, 9.17) is 4.74 Å². The van der Waals surface area contributed by atoms with Crippen LogP contribution in [0, 0.1) is 10.1 Å². The van der Waals surface area contributed by atoms with E-state index in [1.54, 1.807) is 6.92 Å². The number of hydrogen-bond donors (Lipinski definition) is 1. The number of rotatable bonds is 6. The van der Waals surface area contributed by atoms with Crippen LogP contribution in [0.2, 0.25) is 0 Å². The smallest absolute Gasteiger partial charge is 0.336 e. The summed E-state index contributed by atoms with van der Waals surface area (Å²) in [5.74, 6) is -0.676. The van der Waals surface area contributed by atoms with Crippen molar-refractivity contribution < 1.29 is 19.6 Å². The minimum absolute atomic E-state index is 0.0891. The highest BCUT2D eigenvalue weighted by molar-refractivity contribution is 5.89. The number of nitro benzene ring substituents is 1. The number of ether oxygens (including phenoxy) is 1. The van der Waals surface area contributed by atoms with Crippen LogP contribution in [0.4, 0.5) is 5.69 Å². The van der Waals surface area contributed by atoms with E-state index in [0.717, 1.165) is 0 Å². The number of aliphatic hydroxyl groups is 1. The van der Waals surface area contributed by atoms with Crippen LogP contribution >= 0.6 is 0 Å². The zero-order valence-electron chi connectivity index (χ0n) is 11.4. The summed E-state index contributed by atoms with van der Waals surface area (Å²) >= 11 is 0. The molecule has 0 saturated carbocycles. The molecule has 0 aliphatic heterocycles. The summed E-state index contributed by atoms with van der Waals surface area (Å²) in [6.07, 6.45) is -0.845. The maximum atomic E-state index is 11.7. The van der Waals surface area contributed by atoms with Crippen LogP contribution in [0.1, 0.15) is 31.9 Å². The molecule has 0 aromatic heterocycles. The molecule has 0 heterocycles. The minimum Gasteiger partial charge on any atom is -0.459 e. The molecule has 20 heavy (non-hydrogen) atoms. The molecule has 6 nitrogen and oxygen atoms in total. The molecule has 1 N–H and O–H groups in total. The predicted octanol–water partition coefficient (Wildman–Crippen LogP) is 2.53. The van der Waals surface area contributed by atoms with Crippen molar-refractivity contribution in [3.05, 3.63) is 52.1 Å². The number of hydrogen-bond acceptors (Lipinski definition) is 5. The van der Waals surface area contributed by atoms with Gasteiger partial charge in [0.25, 0.3) is 5.69 Å². The Morgan fingerprint density at radius 3 is 2.45 bits per heavy atom. The maximum Gasteiger partial charge on any atom is 0.336 e. The van der Waals surface area contributed by atoms with E-state index in [1.165, 1.54) is 24.3 Å². The molecule has 0 saturated heterocycles. The van der Waals surface area contributed by atoms with Gasteiger partial charge in [-0.05, 0) is 31.0 Å². The Morgan fingerprint density at radius 2 is 2.00 bits per heavy atom. The van der Waals surface area contributed by atoms with Gasteiger partial charge in [-0.3, -0.25) is 10.1 Å². The molecule has 0 aliphatic carbocycles. The lowest BCUT2D eigenvalue weighted by Gasteiger charge is -2.16. The van der Waals surface area contributed by atoms with E-state index < -0.39 is 17.0 Å². The monoisotopic (exact) mass is 279 g/mol. The summed E-state index contributed by atoms with van der Waals surface area (Å²) in [6.45, 7) is 7.13. The van der Waals surface area contributed by atoms with Gasteiger partial charge in [-0.25, -0.2) is 4.79 Å². The molecule has 2 atom stereocenters. The molecule has 108 valence electrons. The number of nitro groups is 1. The third-order valence-corrected chi connectivity index (χ3v) is 2.90. The van der Waals surface area contributed by atoms with Crippen LogP contribution in [-0.4, -0.2) is 22.1 Å². The predicted molar refractivity (Wildman–Crippen MR) is 73.0 cm³/mol. The molecule has 1 aromatic rings. The van der Waals surface area contributed by atoms with Crippen molar-refractivity contribution in [3.63, 3.8) is 0 Å². The second-order valence-corrected chi connectivity index (χ2v) is 4.40. The van der Waals surface area contributed by atoms with Crippen molar-refractivity contribution in [1.82, 2.24) is 0 Å². The van der Waals surface area contributed by atoms with Gasteiger partial charge < -0.3 is 9.84 Å². The SMILES string of the molecule is C=C(C(=O)OC(C)CC)C(O)c1ccc([N+](=O)[O-])cc1. The summed E-state index contributed by atoms with van der Waals surface area (Å²) in [5, 5.41) is 20.5. The van der Waals surface area contributed by atoms with Gasteiger partial charge in [0.1, 0.15) is 6.10 Å². The van der Waals surface area contributed by atoms with E-state index in [9.17, 15) is 20.0 Å². The molecular formula is C14H17NO5. The van der Waals surface area contributed by atoms with Gasteiger partial charge in [0.15, 0.2) is 0 Å².